The zero-order valence-electron chi connectivity index (χ0n) is 24.0. The van der Waals surface area contributed by atoms with Crippen LogP contribution >= 0.6 is 24.0 Å². The van der Waals surface area contributed by atoms with Gasteiger partial charge in [-0.2, -0.15) is 10.2 Å². The Hall–Kier alpha value is -3.73. The number of ether oxygens (including phenoxy) is 1. The number of hydrazone groups is 2. The second kappa shape index (κ2) is 20.2. The Morgan fingerprint density at radius 3 is 1.82 bits per heavy atom. The average molecular weight is 581 g/mol. The maximum absolute atomic E-state index is 11.7. The zero-order chi connectivity index (χ0) is 29.8. The molecule has 214 valence electrons. The molecule has 0 aliphatic heterocycles. The van der Waals surface area contributed by atoms with E-state index in [1.807, 2.05) is 119 Å². The molecule has 3 aromatic carbocycles. The number of hydrazine groups is 1. The van der Waals surface area contributed by atoms with Crippen molar-refractivity contribution in [1.82, 2.24) is 0 Å². The molecule has 0 spiro atoms. The summed E-state index contributed by atoms with van der Waals surface area (Å²) in [6, 6.07) is 29.1. The summed E-state index contributed by atoms with van der Waals surface area (Å²) in [7, 11) is 0. The van der Waals surface area contributed by atoms with Gasteiger partial charge in [-0.3, -0.25) is 16.1 Å². The maximum Gasteiger partial charge on any atom is 0.319 e. The van der Waals surface area contributed by atoms with Crippen LogP contribution in [-0.4, -0.2) is 33.6 Å². The molecule has 4 N–H and O–H groups in total. The third kappa shape index (κ3) is 15.0. The van der Waals surface area contributed by atoms with Crippen molar-refractivity contribution in [3.8, 4) is 0 Å². The van der Waals surface area contributed by atoms with Crippen molar-refractivity contribution in [2.45, 2.75) is 46.8 Å². The first kappa shape index (κ1) is 34.3. The van der Waals surface area contributed by atoms with E-state index >= 15 is 0 Å². The largest absolute Gasteiger partial charge is 0.465 e. The molecule has 0 amide bonds. The minimum atomic E-state index is -0.365. The van der Waals surface area contributed by atoms with Crippen molar-refractivity contribution in [1.29, 1.82) is 0 Å². The van der Waals surface area contributed by atoms with E-state index in [2.05, 4.69) is 21.1 Å². The third-order valence-electron chi connectivity index (χ3n) is 4.49. The van der Waals surface area contributed by atoms with E-state index in [0.717, 1.165) is 28.5 Å². The van der Waals surface area contributed by atoms with Gasteiger partial charge in [-0.05, 0) is 77.9 Å². The quantitative estimate of drug-likeness (QED) is 0.0837. The van der Waals surface area contributed by atoms with Crippen LogP contribution in [0.5, 0.6) is 0 Å². The number of hydrogen-bond acceptors (Lipinski definition) is 9. The van der Waals surface area contributed by atoms with Gasteiger partial charge < -0.3 is 10.2 Å². The number of hydrogen-bond donors (Lipinski definition) is 3. The Morgan fingerprint density at radius 2 is 1.40 bits per heavy atom. The lowest BCUT2D eigenvalue weighted by molar-refractivity contribution is -0.142. The Kier molecular flexibility index (Phi) is 17.3. The fraction of sp³-hybridized carbons (Fsp3) is 0.267. The van der Waals surface area contributed by atoms with Crippen LogP contribution in [0, 0.1) is 0 Å². The summed E-state index contributed by atoms with van der Waals surface area (Å²) in [5.41, 5.74) is 10.2. The van der Waals surface area contributed by atoms with Gasteiger partial charge in [0.25, 0.3) is 0 Å². The molecule has 0 fully saturated rings. The van der Waals surface area contributed by atoms with E-state index in [9.17, 15) is 4.79 Å². The summed E-state index contributed by atoms with van der Waals surface area (Å²) >= 11 is 6.70. The molecule has 0 radical (unpaired) electrons. The van der Waals surface area contributed by atoms with Crippen LogP contribution in [0.15, 0.2) is 101 Å². The summed E-state index contributed by atoms with van der Waals surface area (Å²) in [6.07, 6.45) is 0. The van der Waals surface area contributed by atoms with Gasteiger partial charge >= 0.3 is 5.97 Å². The van der Waals surface area contributed by atoms with Crippen molar-refractivity contribution < 1.29 is 9.53 Å². The van der Waals surface area contributed by atoms with Gasteiger partial charge in [0.05, 0.1) is 18.0 Å². The molecule has 0 bridgehead atoms. The number of nitrogens with zero attached hydrogens (tertiary/aromatic N) is 3. The Morgan fingerprint density at radius 1 is 0.900 bits per heavy atom. The van der Waals surface area contributed by atoms with Crippen molar-refractivity contribution >= 4 is 62.8 Å². The van der Waals surface area contributed by atoms with E-state index in [1.165, 1.54) is 11.8 Å². The van der Waals surface area contributed by atoms with Crippen LogP contribution < -0.4 is 21.7 Å². The molecule has 8 nitrogen and oxygen atoms in total. The predicted molar refractivity (Wildman–Crippen MR) is 177 cm³/mol. The topological polar surface area (TPSA) is 104 Å². The minimum absolute atomic E-state index is 0.268. The number of nitrogen functional groups attached to an aromatic ring is 1. The molecule has 1 atom stereocenters. The number of carbonyl (C=O) groups is 1. The van der Waals surface area contributed by atoms with Crippen molar-refractivity contribution in [3.05, 3.63) is 91.0 Å². The first-order chi connectivity index (χ1) is 19.2. The second-order valence-electron chi connectivity index (χ2n) is 8.52. The van der Waals surface area contributed by atoms with E-state index in [4.69, 9.17) is 22.8 Å². The molecule has 0 aromatic heterocycles. The first-order valence-corrected chi connectivity index (χ1v) is 14.0. The number of para-hydroxylation sites is 3. The zero-order valence-corrected chi connectivity index (χ0v) is 25.6. The minimum Gasteiger partial charge on any atom is -0.465 e. The number of benzene rings is 3. The molecule has 0 aliphatic rings. The lowest BCUT2D eigenvalue weighted by Crippen LogP contribution is -2.26. The van der Waals surface area contributed by atoms with Gasteiger partial charge in [0.2, 0.25) is 0 Å². The lowest BCUT2D eigenvalue weighted by atomic mass is 10.3. The molecular formula is C30H40N6O2S2. The van der Waals surface area contributed by atoms with E-state index in [0.29, 0.717) is 10.9 Å². The number of anilines is 3. The van der Waals surface area contributed by atoms with Gasteiger partial charge in [-0.15, -0.1) is 0 Å². The summed E-state index contributed by atoms with van der Waals surface area (Å²) in [5, 5.41) is 9.81. The molecular weight excluding hydrogens is 541 g/mol. The Bertz CT molecular complexity index is 1180. The maximum atomic E-state index is 11.7. The van der Waals surface area contributed by atoms with Gasteiger partial charge in [-0.25, -0.2) is 5.01 Å². The monoisotopic (exact) mass is 580 g/mol. The summed E-state index contributed by atoms with van der Waals surface area (Å²) in [4.78, 5) is 11.7. The second-order valence-corrected chi connectivity index (χ2v) is 10.5. The number of carbonyl (C=O) groups excluding carboxylic acids is 1. The Balaban J connectivity index is 0.000000347. The van der Waals surface area contributed by atoms with Crippen LogP contribution in [-0.2, 0) is 9.53 Å². The molecule has 0 heterocycles. The standard InChI is InChI=1S/C15H20N2O2S2.C9H12N2.C6H8N2/c1-5-19-14(18)12(4)21-15(20)17(16-11(2)3)13-9-7-6-8-10-13;1-8(2)10-11-9-6-4-3-5-7-9;7-8-6-4-2-1-3-5-6/h6-10,12H,5H2,1-4H3;3-7,11H,1-2H3;1-5,8H,7H2. The molecule has 3 aromatic rings. The number of esters is 1. The highest BCUT2D eigenvalue weighted by Gasteiger charge is 2.21. The fourth-order valence-corrected chi connectivity index (χ4v) is 4.00. The van der Waals surface area contributed by atoms with Crippen molar-refractivity contribution in [2.24, 2.45) is 16.0 Å². The highest BCUT2D eigenvalue weighted by molar-refractivity contribution is 8.24. The molecule has 0 aliphatic carbocycles. The van der Waals surface area contributed by atoms with Crippen molar-refractivity contribution in [2.75, 3.05) is 22.5 Å². The molecule has 10 heteroatoms. The molecule has 3 rings (SSSR count). The first-order valence-electron chi connectivity index (χ1n) is 12.8. The van der Waals surface area contributed by atoms with E-state index < -0.39 is 0 Å². The molecule has 0 saturated heterocycles. The smallest absolute Gasteiger partial charge is 0.319 e. The van der Waals surface area contributed by atoms with Crippen LogP contribution in [0.2, 0.25) is 0 Å². The SMILES string of the molecule is CC(C)=NNc1ccccc1.CCOC(=O)C(C)SC(=S)N(N=C(C)C)c1ccccc1.NNc1ccccc1. The summed E-state index contributed by atoms with van der Waals surface area (Å²) in [6.45, 7) is 11.6. The number of thiocarbonyl (C=S) groups is 1. The molecule has 40 heavy (non-hydrogen) atoms. The van der Waals surface area contributed by atoms with Crippen LogP contribution in [0.1, 0.15) is 41.5 Å². The number of nitrogens with one attached hydrogen (secondary N) is 2. The van der Waals surface area contributed by atoms with Gasteiger partial charge in [0.1, 0.15) is 5.25 Å². The van der Waals surface area contributed by atoms with Crippen LogP contribution in [0.4, 0.5) is 17.1 Å². The Labute approximate surface area is 248 Å². The van der Waals surface area contributed by atoms with Gasteiger partial charge in [-0.1, -0.05) is 78.6 Å². The van der Waals surface area contributed by atoms with E-state index in [-0.39, 0.29) is 11.2 Å². The number of nitrogens with two attached hydrogens (primary N) is 1. The molecule has 1 unspecified atom stereocenters. The van der Waals surface area contributed by atoms with Crippen LogP contribution in [0.3, 0.4) is 0 Å². The van der Waals surface area contributed by atoms with Crippen molar-refractivity contribution in [3.63, 3.8) is 0 Å². The van der Waals surface area contributed by atoms with Crippen LogP contribution in [0.25, 0.3) is 0 Å². The lowest BCUT2D eigenvalue weighted by Gasteiger charge is -2.21. The average Bonchev–Trinajstić information content (AvgIpc) is 2.97. The third-order valence-corrected chi connectivity index (χ3v) is 5.87. The normalized spacial score (nSPS) is 10.2. The number of rotatable bonds is 8. The van der Waals surface area contributed by atoms with Gasteiger partial charge in [0.15, 0.2) is 4.32 Å². The predicted octanol–water partition coefficient (Wildman–Crippen LogP) is 7.33. The summed E-state index contributed by atoms with van der Waals surface area (Å²) in [5.74, 6) is 4.83. The highest BCUT2D eigenvalue weighted by Crippen LogP contribution is 2.23. The van der Waals surface area contributed by atoms with E-state index in [1.54, 1.807) is 18.9 Å². The van der Waals surface area contributed by atoms with Gasteiger partial charge in [0, 0.05) is 17.1 Å². The molecule has 0 saturated carbocycles. The highest BCUT2D eigenvalue weighted by atomic mass is 32.2. The fourth-order valence-electron chi connectivity index (χ4n) is 2.71. The number of thioether (sulfide) groups is 1. The summed E-state index contributed by atoms with van der Waals surface area (Å²) < 4.78 is 5.51.